The summed E-state index contributed by atoms with van der Waals surface area (Å²) in [6.45, 7) is 7.19. The fourth-order valence-corrected chi connectivity index (χ4v) is 3.29. The second-order valence-corrected chi connectivity index (χ2v) is 7.23. The number of hydrogen-bond acceptors (Lipinski definition) is 6. The molecule has 2 aromatic rings. The number of nitrogens with zero attached hydrogens (tertiary/aromatic N) is 2. The van der Waals surface area contributed by atoms with E-state index >= 15 is 0 Å². The van der Waals surface area contributed by atoms with Crippen LogP contribution in [0.2, 0.25) is 0 Å². The number of ether oxygens (including phenoxy) is 2. The van der Waals surface area contributed by atoms with Crippen molar-refractivity contribution in [1.29, 1.82) is 5.26 Å². The second kappa shape index (κ2) is 11.9. The molecule has 1 aromatic carbocycles. The van der Waals surface area contributed by atoms with Crippen LogP contribution in [0.1, 0.15) is 66.6 Å². The molecule has 0 radical (unpaired) electrons. The van der Waals surface area contributed by atoms with Crippen molar-refractivity contribution in [3.8, 4) is 17.7 Å². The predicted octanol–water partition coefficient (Wildman–Crippen LogP) is 3.96. The molecule has 0 aliphatic rings. The molecule has 0 saturated heterocycles. The van der Waals surface area contributed by atoms with Gasteiger partial charge in [0.1, 0.15) is 17.4 Å². The third kappa shape index (κ3) is 5.96. The first-order valence-corrected chi connectivity index (χ1v) is 10.7. The molecule has 0 unspecified atom stereocenters. The van der Waals surface area contributed by atoms with Gasteiger partial charge in [0.05, 0.1) is 12.2 Å². The molecule has 0 fully saturated rings. The van der Waals surface area contributed by atoms with Gasteiger partial charge in [-0.15, -0.1) is 0 Å². The Bertz CT molecular complexity index is 987. The minimum absolute atomic E-state index is 0.0378. The number of aromatic hydroxyl groups is 1. The minimum atomic E-state index is -0.610. The van der Waals surface area contributed by atoms with Crippen LogP contribution in [0.15, 0.2) is 29.1 Å². The fraction of sp³-hybridized carbons (Fsp3) is 0.458. The zero-order chi connectivity index (χ0) is 22.8. The average Bonchev–Trinajstić information content (AvgIpc) is 2.77. The zero-order valence-corrected chi connectivity index (χ0v) is 18.4. The number of benzene rings is 1. The Hall–Kier alpha value is -3.11. The molecule has 0 bridgehead atoms. The molecule has 7 nitrogen and oxygen atoms in total. The summed E-state index contributed by atoms with van der Waals surface area (Å²) < 4.78 is 12.0. The summed E-state index contributed by atoms with van der Waals surface area (Å²) in [5.41, 5.74) is -0.280. The number of carbonyl (C=O) groups is 1. The van der Waals surface area contributed by atoms with Crippen molar-refractivity contribution in [3.05, 3.63) is 56.9 Å². The van der Waals surface area contributed by atoms with Crippen LogP contribution in [0.3, 0.4) is 0 Å². The van der Waals surface area contributed by atoms with E-state index < -0.39 is 17.2 Å². The molecule has 0 amide bonds. The number of pyridine rings is 1. The predicted molar refractivity (Wildman–Crippen MR) is 118 cm³/mol. The van der Waals surface area contributed by atoms with Crippen molar-refractivity contribution in [1.82, 2.24) is 4.57 Å². The van der Waals surface area contributed by atoms with Crippen molar-refractivity contribution in [2.75, 3.05) is 19.8 Å². The summed E-state index contributed by atoms with van der Waals surface area (Å²) in [7, 11) is 0. The van der Waals surface area contributed by atoms with E-state index in [1.807, 2.05) is 13.0 Å². The third-order valence-electron chi connectivity index (χ3n) is 5.03. The van der Waals surface area contributed by atoms with E-state index in [2.05, 4.69) is 6.92 Å². The van der Waals surface area contributed by atoms with E-state index in [1.54, 1.807) is 24.3 Å². The maximum atomic E-state index is 13.2. The highest BCUT2D eigenvalue weighted by Gasteiger charge is 2.24. The lowest BCUT2D eigenvalue weighted by Crippen LogP contribution is -2.27. The quantitative estimate of drug-likeness (QED) is 0.407. The zero-order valence-electron chi connectivity index (χ0n) is 18.4. The van der Waals surface area contributed by atoms with Crippen LogP contribution in [-0.4, -0.2) is 35.3 Å². The van der Waals surface area contributed by atoms with Crippen molar-refractivity contribution in [2.45, 2.75) is 53.0 Å². The summed E-state index contributed by atoms with van der Waals surface area (Å²) >= 11 is 0. The smallest absolute Gasteiger partial charge is 0.271 e. The highest BCUT2D eigenvalue weighted by atomic mass is 16.5. The van der Waals surface area contributed by atoms with Crippen LogP contribution < -0.4 is 10.3 Å². The van der Waals surface area contributed by atoms with Gasteiger partial charge in [-0.1, -0.05) is 19.8 Å². The Labute approximate surface area is 182 Å². The molecular formula is C24H30N2O5. The van der Waals surface area contributed by atoms with E-state index in [1.165, 1.54) is 6.92 Å². The molecule has 7 heteroatoms. The van der Waals surface area contributed by atoms with Crippen LogP contribution in [0.25, 0.3) is 0 Å². The molecular weight excluding hydrogens is 396 g/mol. The van der Waals surface area contributed by atoms with Gasteiger partial charge < -0.3 is 14.6 Å². The molecule has 0 aliphatic heterocycles. The van der Waals surface area contributed by atoms with Crippen LogP contribution in [-0.2, 0) is 11.3 Å². The van der Waals surface area contributed by atoms with Gasteiger partial charge in [0.2, 0.25) is 5.88 Å². The molecule has 2 rings (SSSR count). The molecule has 1 N–H and O–H groups in total. The molecule has 166 valence electrons. The first-order chi connectivity index (χ1) is 15.0. The lowest BCUT2D eigenvalue weighted by molar-refractivity contribution is 0.103. The van der Waals surface area contributed by atoms with Gasteiger partial charge >= 0.3 is 0 Å². The minimum Gasteiger partial charge on any atom is -0.494 e. The maximum Gasteiger partial charge on any atom is 0.271 e. The summed E-state index contributed by atoms with van der Waals surface area (Å²) in [6, 6.07) is 8.52. The lowest BCUT2D eigenvalue weighted by Gasteiger charge is -2.16. The van der Waals surface area contributed by atoms with Gasteiger partial charge in [-0.3, -0.25) is 14.2 Å². The molecule has 0 aliphatic carbocycles. The Kier molecular flexibility index (Phi) is 9.29. The second-order valence-electron chi connectivity index (χ2n) is 7.23. The number of hydrogen-bond donors (Lipinski definition) is 1. The van der Waals surface area contributed by atoms with Crippen molar-refractivity contribution in [3.63, 3.8) is 0 Å². The fourth-order valence-electron chi connectivity index (χ4n) is 3.29. The average molecular weight is 427 g/mol. The number of rotatable bonds is 12. The van der Waals surface area contributed by atoms with E-state index in [4.69, 9.17) is 9.47 Å². The highest BCUT2D eigenvalue weighted by molar-refractivity contribution is 6.11. The van der Waals surface area contributed by atoms with Gasteiger partial charge in [0, 0.05) is 25.3 Å². The molecule has 1 heterocycles. The third-order valence-corrected chi connectivity index (χ3v) is 5.03. The SMILES string of the molecule is CCCCCOc1ccc(C(=O)c2c(C)c(C#N)c(=O)n(CCCOCC)c2O)cc1. The summed E-state index contributed by atoms with van der Waals surface area (Å²) in [5.74, 6) is -0.224. The Morgan fingerprint density at radius 3 is 2.45 bits per heavy atom. The van der Waals surface area contributed by atoms with E-state index in [9.17, 15) is 20.0 Å². The van der Waals surface area contributed by atoms with Gasteiger partial charge in [-0.05, 0) is 56.5 Å². The summed E-state index contributed by atoms with van der Waals surface area (Å²) in [6.07, 6.45) is 3.63. The number of nitriles is 1. The monoisotopic (exact) mass is 426 g/mol. The Morgan fingerprint density at radius 1 is 1.13 bits per heavy atom. The van der Waals surface area contributed by atoms with Gasteiger partial charge in [0.15, 0.2) is 5.78 Å². The summed E-state index contributed by atoms with van der Waals surface area (Å²) in [5, 5.41) is 20.2. The number of aromatic nitrogens is 1. The van der Waals surface area contributed by atoms with Crippen LogP contribution in [0, 0.1) is 18.3 Å². The standard InChI is InChI=1S/C24H30N2O5/c1-4-6-7-15-31-19-11-9-18(10-12-19)22(27)21-17(3)20(16-25)23(28)26(24(21)29)13-8-14-30-5-2/h9-12,29H,4-8,13-15H2,1-3H3. The highest BCUT2D eigenvalue weighted by Crippen LogP contribution is 2.26. The molecule has 0 spiro atoms. The van der Waals surface area contributed by atoms with E-state index in [0.717, 1.165) is 23.8 Å². The van der Waals surface area contributed by atoms with Crippen LogP contribution >= 0.6 is 0 Å². The van der Waals surface area contributed by atoms with Crippen molar-refractivity contribution in [2.24, 2.45) is 0 Å². The molecule has 31 heavy (non-hydrogen) atoms. The van der Waals surface area contributed by atoms with Crippen LogP contribution in [0.5, 0.6) is 11.6 Å². The van der Waals surface area contributed by atoms with Crippen molar-refractivity contribution < 1.29 is 19.4 Å². The van der Waals surface area contributed by atoms with Crippen LogP contribution in [0.4, 0.5) is 0 Å². The largest absolute Gasteiger partial charge is 0.494 e. The molecule has 0 saturated carbocycles. The van der Waals surface area contributed by atoms with Crippen molar-refractivity contribution >= 4 is 5.78 Å². The molecule has 1 aromatic heterocycles. The van der Waals surface area contributed by atoms with E-state index in [0.29, 0.717) is 37.6 Å². The molecule has 0 atom stereocenters. The maximum absolute atomic E-state index is 13.2. The number of ketones is 1. The normalized spacial score (nSPS) is 10.6. The first-order valence-electron chi connectivity index (χ1n) is 10.7. The first kappa shape index (κ1) is 24.2. The number of unbranched alkanes of at least 4 members (excludes halogenated alkanes) is 2. The number of carbonyl (C=O) groups excluding carboxylic acids is 1. The van der Waals surface area contributed by atoms with Gasteiger partial charge in [-0.25, -0.2) is 0 Å². The van der Waals surface area contributed by atoms with E-state index in [-0.39, 0.29) is 23.2 Å². The van der Waals surface area contributed by atoms with Gasteiger partial charge in [0.25, 0.3) is 5.56 Å². The summed E-state index contributed by atoms with van der Waals surface area (Å²) in [4.78, 5) is 25.8. The Balaban J connectivity index is 2.32. The Morgan fingerprint density at radius 2 is 1.84 bits per heavy atom. The topological polar surface area (TPSA) is 102 Å². The van der Waals surface area contributed by atoms with Gasteiger partial charge in [-0.2, -0.15) is 5.26 Å². The lowest BCUT2D eigenvalue weighted by atomic mass is 9.97.